The quantitative estimate of drug-likeness (QED) is 0.566. The van der Waals surface area contributed by atoms with Crippen molar-refractivity contribution < 1.29 is 9.90 Å². The van der Waals surface area contributed by atoms with Gasteiger partial charge in [-0.3, -0.25) is 0 Å². The van der Waals surface area contributed by atoms with Crippen LogP contribution < -0.4 is 0 Å². The lowest BCUT2D eigenvalue weighted by molar-refractivity contribution is -0.114. The number of aliphatic hydroxyl groups is 1. The molecule has 1 rings (SSSR count). The van der Waals surface area contributed by atoms with Crippen molar-refractivity contribution in [2.24, 2.45) is 5.92 Å². The molecule has 0 fully saturated rings. The Labute approximate surface area is 97.3 Å². The van der Waals surface area contributed by atoms with E-state index in [0.717, 1.165) is 37.5 Å². The van der Waals surface area contributed by atoms with Crippen LogP contribution in [0.4, 0.5) is 0 Å². The van der Waals surface area contributed by atoms with Crippen LogP contribution in [0.2, 0.25) is 0 Å². The number of benzene rings is 1. The Bertz CT molecular complexity index is 295. The van der Waals surface area contributed by atoms with Crippen molar-refractivity contribution >= 4 is 6.29 Å². The van der Waals surface area contributed by atoms with Crippen LogP contribution in [0, 0.1) is 5.92 Å². The zero-order valence-electron chi connectivity index (χ0n) is 9.80. The zero-order chi connectivity index (χ0) is 11.8. The Morgan fingerprint density at radius 2 is 1.94 bits per heavy atom. The average Bonchev–Trinajstić information content (AvgIpc) is 2.35. The summed E-state index contributed by atoms with van der Waals surface area (Å²) < 4.78 is 0. The Morgan fingerprint density at radius 1 is 1.25 bits per heavy atom. The van der Waals surface area contributed by atoms with E-state index in [4.69, 9.17) is 0 Å². The smallest absolute Gasteiger partial charge is 0.126 e. The molecule has 16 heavy (non-hydrogen) atoms. The summed E-state index contributed by atoms with van der Waals surface area (Å²) in [5.41, 5.74) is 0.830. The van der Waals surface area contributed by atoms with Crippen LogP contribution in [-0.4, -0.2) is 11.4 Å². The lowest BCUT2D eigenvalue weighted by Gasteiger charge is -2.17. The van der Waals surface area contributed by atoms with E-state index in [1.54, 1.807) is 0 Å². The van der Waals surface area contributed by atoms with Crippen molar-refractivity contribution in [2.45, 2.75) is 38.7 Å². The van der Waals surface area contributed by atoms with Gasteiger partial charge in [-0.1, -0.05) is 56.5 Å². The third-order valence-corrected chi connectivity index (χ3v) is 2.86. The first-order valence-electron chi connectivity index (χ1n) is 5.98. The number of carbonyl (C=O) groups is 1. The van der Waals surface area contributed by atoms with Crippen molar-refractivity contribution in [2.75, 3.05) is 0 Å². The van der Waals surface area contributed by atoms with Gasteiger partial charge >= 0.3 is 0 Å². The molecular formula is C14H20O2. The Hall–Kier alpha value is -1.15. The molecule has 2 nitrogen and oxygen atoms in total. The molecule has 88 valence electrons. The standard InChI is InChI=1S/C14H20O2/c1-2-3-5-10-13(11-15)14(16)12-8-6-4-7-9-12/h4,6-9,11,13-14,16H,2-3,5,10H2,1H3. The molecule has 0 aliphatic rings. The van der Waals surface area contributed by atoms with Crippen molar-refractivity contribution in [3.8, 4) is 0 Å². The second-order valence-corrected chi connectivity index (χ2v) is 4.15. The molecule has 0 aromatic heterocycles. The summed E-state index contributed by atoms with van der Waals surface area (Å²) >= 11 is 0. The Morgan fingerprint density at radius 3 is 2.50 bits per heavy atom. The van der Waals surface area contributed by atoms with E-state index in [0.29, 0.717) is 0 Å². The Kier molecular flexibility index (Phi) is 5.79. The van der Waals surface area contributed by atoms with Crippen LogP contribution in [-0.2, 0) is 4.79 Å². The number of carbonyl (C=O) groups excluding carboxylic acids is 1. The van der Waals surface area contributed by atoms with Crippen molar-refractivity contribution in [3.63, 3.8) is 0 Å². The van der Waals surface area contributed by atoms with Crippen LogP contribution in [0.5, 0.6) is 0 Å². The predicted octanol–water partition coefficient (Wildman–Crippen LogP) is 3.12. The summed E-state index contributed by atoms with van der Waals surface area (Å²) in [5.74, 6) is -0.269. The fraction of sp³-hybridized carbons (Fsp3) is 0.500. The highest BCUT2D eigenvalue weighted by atomic mass is 16.3. The third-order valence-electron chi connectivity index (χ3n) is 2.86. The van der Waals surface area contributed by atoms with E-state index in [1.807, 2.05) is 30.3 Å². The summed E-state index contributed by atoms with van der Waals surface area (Å²) in [4.78, 5) is 11.0. The molecule has 0 aliphatic heterocycles. The number of unbranched alkanes of at least 4 members (excludes halogenated alkanes) is 2. The molecular weight excluding hydrogens is 200 g/mol. The topological polar surface area (TPSA) is 37.3 Å². The van der Waals surface area contributed by atoms with E-state index in [9.17, 15) is 9.90 Å². The number of aliphatic hydroxyl groups excluding tert-OH is 1. The molecule has 1 aromatic carbocycles. The first-order valence-corrected chi connectivity index (χ1v) is 5.98. The first kappa shape index (κ1) is 12.9. The lowest BCUT2D eigenvalue weighted by Crippen LogP contribution is -2.14. The summed E-state index contributed by atoms with van der Waals surface area (Å²) in [6.07, 6.45) is 4.25. The molecule has 0 heterocycles. The number of hydrogen-bond acceptors (Lipinski definition) is 2. The van der Waals surface area contributed by atoms with Gasteiger partial charge in [-0.05, 0) is 12.0 Å². The van der Waals surface area contributed by atoms with E-state index < -0.39 is 6.10 Å². The van der Waals surface area contributed by atoms with Gasteiger partial charge < -0.3 is 9.90 Å². The largest absolute Gasteiger partial charge is 0.388 e. The maximum absolute atomic E-state index is 11.0. The predicted molar refractivity (Wildman–Crippen MR) is 65.1 cm³/mol. The second kappa shape index (κ2) is 7.18. The first-order chi connectivity index (χ1) is 7.79. The minimum atomic E-state index is -0.657. The Balaban J connectivity index is 2.55. The zero-order valence-corrected chi connectivity index (χ0v) is 9.80. The highest BCUT2D eigenvalue weighted by Crippen LogP contribution is 2.24. The summed E-state index contributed by atoms with van der Waals surface area (Å²) in [6.45, 7) is 2.13. The molecule has 0 spiro atoms. The SMILES string of the molecule is CCCCCC(C=O)C(O)c1ccccc1. The molecule has 1 aromatic rings. The van der Waals surface area contributed by atoms with Crippen molar-refractivity contribution in [1.29, 1.82) is 0 Å². The molecule has 0 bridgehead atoms. The van der Waals surface area contributed by atoms with E-state index >= 15 is 0 Å². The van der Waals surface area contributed by atoms with Gasteiger partial charge in [0.05, 0.1) is 6.10 Å². The fourth-order valence-corrected chi connectivity index (χ4v) is 1.83. The van der Waals surface area contributed by atoms with Crippen LogP contribution in [0.15, 0.2) is 30.3 Å². The molecule has 1 N–H and O–H groups in total. The summed E-state index contributed by atoms with van der Waals surface area (Å²) in [7, 11) is 0. The molecule has 0 amide bonds. The minimum Gasteiger partial charge on any atom is -0.388 e. The van der Waals surface area contributed by atoms with Gasteiger partial charge in [-0.15, -0.1) is 0 Å². The molecule has 2 unspecified atom stereocenters. The summed E-state index contributed by atoms with van der Waals surface area (Å²) in [6, 6.07) is 9.39. The minimum absolute atomic E-state index is 0.269. The van der Waals surface area contributed by atoms with Crippen LogP contribution >= 0.6 is 0 Å². The maximum Gasteiger partial charge on any atom is 0.126 e. The highest BCUT2D eigenvalue weighted by molar-refractivity contribution is 5.55. The van der Waals surface area contributed by atoms with Crippen LogP contribution in [0.1, 0.15) is 44.3 Å². The van der Waals surface area contributed by atoms with Gasteiger partial charge in [0.2, 0.25) is 0 Å². The van der Waals surface area contributed by atoms with E-state index in [1.165, 1.54) is 0 Å². The van der Waals surface area contributed by atoms with Gasteiger partial charge in [0.25, 0.3) is 0 Å². The lowest BCUT2D eigenvalue weighted by atomic mass is 9.92. The molecule has 0 radical (unpaired) electrons. The summed E-state index contributed by atoms with van der Waals surface area (Å²) in [5, 5.41) is 10.0. The monoisotopic (exact) mass is 220 g/mol. The molecule has 0 saturated carbocycles. The third kappa shape index (κ3) is 3.78. The maximum atomic E-state index is 11.0. The van der Waals surface area contributed by atoms with Crippen LogP contribution in [0.25, 0.3) is 0 Å². The normalized spacial score (nSPS) is 14.4. The van der Waals surface area contributed by atoms with Gasteiger partial charge in [0.1, 0.15) is 6.29 Å². The number of aldehydes is 1. The van der Waals surface area contributed by atoms with Crippen molar-refractivity contribution in [3.05, 3.63) is 35.9 Å². The van der Waals surface area contributed by atoms with Gasteiger partial charge in [-0.25, -0.2) is 0 Å². The van der Waals surface area contributed by atoms with Gasteiger partial charge in [0, 0.05) is 5.92 Å². The molecule has 0 saturated heterocycles. The molecule has 2 atom stereocenters. The fourth-order valence-electron chi connectivity index (χ4n) is 1.83. The van der Waals surface area contributed by atoms with E-state index in [-0.39, 0.29) is 5.92 Å². The number of rotatable bonds is 7. The molecule has 2 heteroatoms. The van der Waals surface area contributed by atoms with Gasteiger partial charge in [-0.2, -0.15) is 0 Å². The van der Waals surface area contributed by atoms with Gasteiger partial charge in [0.15, 0.2) is 0 Å². The molecule has 0 aliphatic carbocycles. The average molecular weight is 220 g/mol. The van der Waals surface area contributed by atoms with Crippen molar-refractivity contribution in [1.82, 2.24) is 0 Å². The highest BCUT2D eigenvalue weighted by Gasteiger charge is 2.19. The number of hydrogen-bond donors (Lipinski definition) is 1. The van der Waals surface area contributed by atoms with Crippen LogP contribution in [0.3, 0.4) is 0 Å². The second-order valence-electron chi connectivity index (χ2n) is 4.15. The van der Waals surface area contributed by atoms with E-state index in [2.05, 4.69) is 6.92 Å².